The molecule has 0 saturated carbocycles. The Labute approximate surface area is 141 Å². The van der Waals surface area contributed by atoms with Crippen molar-refractivity contribution in [3.8, 4) is 11.4 Å². The molecule has 0 N–H and O–H groups in total. The molecule has 3 aromatic rings. The number of tetrazole rings is 1. The maximum atomic E-state index is 4.19. The second-order valence-corrected chi connectivity index (χ2v) is 5.40. The van der Waals surface area contributed by atoms with Crippen molar-refractivity contribution in [2.45, 2.75) is 6.54 Å². The van der Waals surface area contributed by atoms with E-state index in [1.165, 1.54) is 10.4 Å². The minimum atomic E-state index is 0. The number of aromatic nitrogens is 5. The van der Waals surface area contributed by atoms with Crippen LogP contribution in [0.5, 0.6) is 0 Å². The van der Waals surface area contributed by atoms with Crippen LogP contribution in [-0.4, -0.2) is 20.2 Å². The fourth-order valence-corrected chi connectivity index (χ4v) is 2.15. The quantitative estimate of drug-likeness (QED) is 0.519. The van der Waals surface area contributed by atoms with E-state index in [1.54, 1.807) is 7.05 Å². The summed E-state index contributed by atoms with van der Waals surface area (Å²) in [4.78, 5) is 1.46. The highest BCUT2D eigenvalue weighted by Crippen LogP contribution is 2.14. The number of nitrogens with zero attached hydrogens (tertiary/aromatic N) is 5. The van der Waals surface area contributed by atoms with E-state index in [0.29, 0.717) is 5.82 Å². The Morgan fingerprint density at radius 1 is 1.10 bits per heavy atom. The van der Waals surface area contributed by atoms with E-state index in [9.17, 15) is 0 Å². The van der Waals surface area contributed by atoms with Gasteiger partial charge in [-0.1, -0.05) is 40.2 Å². The molecule has 0 aliphatic rings. The molecule has 0 aliphatic carbocycles. The van der Waals surface area contributed by atoms with Crippen molar-refractivity contribution in [3.05, 3.63) is 58.8 Å². The summed E-state index contributed by atoms with van der Waals surface area (Å²) in [7, 11) is 1.76. The van der Waals surface area contributed by atoms with Crippen LogP contribution >= 0.6 is 15.9 Å². The van der Waals surface area contributed by atoms with Gasteiger partial charge in [-0.2, -0.15) is 4.80 Å². The third-order valence-electron chi connectivity index (χ3n) is 2.94. The summed E-state index contributed by atoms with van der Waals surface area (Å²) >= 11 is 3.43. The summed E-state index contributed by atoms with van der Waals surface area (Å²) in [6.45, 7) is 0.835. The molecule has 2 heterocycles. The maximum absolute atomic E-state index is 4.19. The summed E-state index contributed by atoms with van der Waals surface area (Å²) in [6, 6.07) is 12.3. The molecule has 0 spiro atoms. The Bertz CT molecular complexity index is 707. The fraction of sp³-hybridized carbons (Fsp3) is 0.143. The van der Waals surface area contributed by atoms with Gasteiger partial charge in [0.05, 0.1) is 7.05 Å². The van der Waals surface area contributed by atoms with Crippen molar-refractivity contribution in [1.82, 2.24) is 20.2 Å². The van der Waals surface area contributed by atoms with Crippen LogP contribution in [0.1, 0.15) is 5.56 Å². The van der Waals surface area contributed by atoms with Crippen molar-refractivity contribution >= 4 is 15.9 Å². The summed E-state index contributed by atoms with van der Waals surface area (Å²) in [5.74, 6) is 0.648. The molecule has 0 radical (unpaired) electrons. The zero-order chi connectivity index (χ0) is 13.9. The van der Waals surface area contributed by atoms with Crippen LogP contribution in [0.15, 0.2) is 53.3 Å². The van der Waals surface area contributed by atoms with Gasteiger partial charge in [0.2, 0.25) is 5.82 Å². The van der Waals surface area contributed by atoms with Crippen LogP contribution in [0.4, 0.5) is 0 Å². The SMILES string of the molecule is Cn1nnc(-c2ccc(C[n+]3ccc(Br)cc3)cc2)n1.[Br-]. The number of rotatable bonds is 3. The van der Waals surface area contributed by atoms with E-state index in [4.69, 9.17) is 0 Å². The summed E-state index contributed by atoms with van der Waals surface area (Å²) in [5, 5.41) is 12.0. The minimum Gasteiger partial charge on any atom is -1.00 e. The van der Waals surface area contributed by atoms with Crippen LogP contribution in [-0.2, 0) is 13.6 Å². The lowest BCUT2D eigenvalue weighted by Gasteiger charge is -1.99. The van der Waals surface area contributed by atoms with Gasteiger partial charge in [0.1, 0.15) is 0 Å². The third-order valence-corrected chi connectivity index (χ3v) is 3.46. The van der Waals surface area contributed by atoms with Crippen molar-refractivity contribution < 1.29 is 21.5 Å². The molecule has 108 valence electrons. The lowest BCUT2D eigenvalue weighted by atomic mass is 10.1. The second kappa shape index (κ2) is 6.91. The monoisotopic (exact) mass is 409 g/mol. The molecule has 0 amide bonds. The van der Waals surface area contributed by atoms with Gasteiger partial charge in [0.15, 0.2) is 18.9 Å². The smallest absolute Gasteiger partial charge is 0.204 e. The van der Waals surface area contributed by atoms with Crippen LogP contribution in [0, 0.1) is 0 Å². The van der Waals surface area contributed by atoms with Crippen LogP contribution < -0.4 is 21.5 Å². The Morgan fingerprint density at radius 3 is 2.33 bits per heavy atom. The van der Waals surface area contributed by atoms with E-state index in [2.05, 4.69) is 48.0 Å². The Hall–Kier alpha value is -1.60. The van der Waals surface area contributed by atoms with Gasteiger partial charge >= 0.3 is 0 Å². The fourth-order valence-electron chi connectivity index (χ4n) is 1.91. The number of halogens is 2. The second-order valence-electron chi connectivity index (χ2n) is 4.49. The number of hydrogen-bond donors (Lipinski definition) is 0. The molecule has 7 heteroatoms. The Morgan fingerprint density at radius 2 is 1.76 bits per heavy atom. The van der Waals surface area contributed by atoms with Crippen molar-refractivity contribution in [1.29, 1.82) is 0 Å². The van der Waals surface area contributed by atoms with E-state index in [1.807, 2.05) is 36.7 Å². The summed E-state index contributed by atoms with van der Waals surface area (Å²) < 4.78 is 3.21. The maximum Gasteiger partial charge on any atom is 0.204 e. The third kappa shape index (κ3) is 3.95. The van der Waals surface area contributed by atoms with Crippen molar-refractivity contribution in [2.75, 3.05) is 0 Å². The average Bonchev–Trinajstić information content (AvgIpc) is 2.89. The molecular formula is C14H13Br2N5. The molecule has 5 nitrogen and oxygen atoms in total. The molecule has 0 atom stereocenters. The number of hydrogen-bond acceptors (Lipinski definition) is 3. The topological polar surface area (TPSA) is 47.5 Å². The molecule has 0 saturated heterocycles. The van der Waals surface area contributed by atoms with Crippen LogP contribution in [0.25, 0.3) is 11.4 Å². The first-order valence-corrected chi connectivity index (χ1v) is 6.98. The molecule has 0 fully saturated rings. The van der Waals surface area contributed by atoms with E-state index < -0.39 is 0 Å². The molecule has 1 aromatic carbocycles. The van der Waals surface area contributed by atoms with Crippen LogP contribution in [0.3, 0.4) is 0 Å². The lowest BCUT2D eigenvalue weighted by molar-refractivity contribution is -0.688. The highest BCUT2D eigenvalue weighted by molar-refractivity contribution is 9.10. The number of aryl methyl sites for hydroxylation is 1. The first kappa shape index (κ1) is 15.8. The zero-order valence-electron chi connectivity index (χ0n) is 11.3. The van der Waals surface area contributed by atoms with Crippen molar-refractivity contribution in [3.63, 3.8) is 0 Å². The predicted molar refractivity (Wildman–Crippen MR) is 77.7 cm³/mol. The Balaban J connectivity index is 0.00000161. The van der Waals surface area contributed by atoms with E-state index in [-0.39, 0.29) is 17.0 Å². The molecular weight excluding hydrogens is 398 g/mol. The molecule has 3 rings (SSSR count). The van der Waals surface area contributed by atoms with E-state index >= 15 is 0 Å². The normalized spacial score (nSPS) is 10.2. The Kier molecular flexibility index (Phi) is 5.19. The zero-order valence-corrected chi connectivity index (χ0v) is 14.5. The van der Waals surface area contributed by atoms with Gasteiger partial charge in [-0.05, 0) is 5.21 Å². The first-order chi connectivity index (χ1) is 9.70. The standard InChI is InChI=1S/C14H13BrN5.BrH/c1-19-17-14(16-18-19)12-4-2-11(3-5-12)10-20-8-6-13(15)7-9-20;/h2-9H,10H2,1H3;1H/q+1;/p-1. The van der Waals surface area contributed by atoms with Gasteiger partial charge in [-0.15, -0.1) is 10.2 Å². The van der Waals surface area contributed by atoms with Gasteiger partial charge in [0, 0.05) is 27.7 Å². The van der Waals surface area contributed by atoms with Crippen molar-refractivity contribution in [2.24, 2.45) is 7.05 Å². The molecule has 0 aliphatic heterocycles. The predicted octanol–water partition coefficient (Wildman–Crippen LogP) is -1.02. The largest absolute Gasteiger partial charge is 1.00 e. The minimum absolute atomic E-state index is 0. The van der Waals surface area contributed by atoms with E-state index in [0.717, 1.165) is 16.6 Å². The van der Waals surface area contributed by atoms with Crippen LogP contribution in [0.2, 0.25) is 0 Å². The van der Waals surface area contributed by atoms with Gasteiger partial charge in [-0.3, -0.25) is 0 Å². The summed E-state index contributed by atoms with van der Waals surface area (Å²) in [6.07, 6.45) is 4.09. The highest BCUT2D eigenvalue weighted by Gasteiger charge is 2.06. The average molecular weight is 411 g/mol. The molecule has 0 unspecified atom stereocenters. The first-order valence-electron chi connectivity index (χ1n) is 6.18. The molecule has 21 heavy (non-hydrogen) atoms. The number of benzene rings is 1. The van der Waals surface area contributed by atoms with Gasteiger partial charge in [-0.25, -0.2) is 4.57 Å². The van der Waals surface area contributed by atoms with Gasteiger partial charge in [0.25, 0.3) is 0 Å². The molecule has 0 bridgehead atoms. The lowest BCUT2D eigenvalue weighted by Crippen LogP contribution is -3.00. The van der Waals surface area contributed by atoms with Gasteiger partial charge < -0.3 is 17.0 Å². The molecule has 2 aromatic heterocycles. The highest BCUT2D eigenvalue weighted by atomic mass is 79.9. The number of pyridine rings is 1. The summed E-state index contributed by atoms with van der Waals surface area (Å²) in [5.41, 5.74) is 2.20.